The Morgan fingerprint density at radius 1 is 1.57 bits per heavy atom. The molecule has 2 aliphatic rings. The van der Waals surface area contributed by atoms with Gasteiger partial charge in [0.05, 0.1) is 18.6 Å². The van der Waals surface area contributed by atoms with E-state index in [1.165, 1.54) is 7.11 Å². The Bertz CT molecular complexity index is 217. The first kappa shape index (κ1) is 9.93. The lowest BCUT2D eigenvalue weighted by atomic mass is 9.72. The van der Waals surface area contributed by atoms with Crippen LogP contribution in [-0.2, 0) is 14.3 Å². The SMILES string of the molecule is COC(=O)C12CCCOC1CNCC2. The van der Waals surface area contributed by atoms with Gasteiger partial charge >= 0.3 is 5.97 Å². The molecule has 0 aromatic heterocycles. The summed E-state index contributed by atoms with van der Waals surface area (Å²) < 4.78 is 10.5. The molecule has 2 fully saturated rings. The van der Waals surface area contributed by atoms with Crippen LogP contribution < -0.4 is 5.32 Å². The van der Waals surface area contributed by atoms with Crippen molar-refractivity contribution in [2.75, 3.05) is 26.8 Å². The number of carbonyl (C=O) groups is 1. The molecular weight excluding hydrogens is 182 g/mol. The van der Waals surface area contributed by atoms with Gasteiger partial charge in [-0.2, -0.15) is 0 Å². The molecule has 4 nitrogen and oxygen atoms in total. The number of rotatable bonds is 1. The minimum Gasteiger partial charge on any atom is -0.469 e. The van der Waals surface area contributed by atoms with E-state index in [1.54, 1.807) is 0 Å². The van der Waals surface area contributed by atoms with Crippen molar-refractivity contribution in [2.24, 2.45) is 5.41 Å². The second-order valence-corrected chi connectivity index (χ2v) is 4.06. The van der Waals surface area contributed by atoms with Crippen LogP contribution in [0.3, 0.4) is 0 Å². The fraction of sp³-hybridized carbons (Fsp3) is 0.900. The molecular formula is C10H17NO3. The first-order valence-electron chi connectivity index (χ1n) is 5.20. The van der Waals surface area contributed by atoms with E-state index in [0.717, 1.165) is 39.0 Å². The molecule has 2 heterocycles. The Balaban J connectivity index is 2.20. The van der Waals surface area contributed by atoms with Crippen LogP contribution in [0.1, 0.15) is 19.3 Å². The topological polar surface area (TPSA) is 47.6 Å². The zero-order valence-corrected chi connectivity index (χ0v) is 8.54. The van der Waals surface area contributed by atoms with Crippen LogP contribution in [0.15, 0.2) is 0 Å². The van der Waals surface area contributed by atoms with E-state index in [4.69, 9.17) is 9.47 Å². The molecule has 0 amide bonds. The monoisotopic (exact) mass is 199 g/mol. The van der Waals surface area contributed by atoms with Crippen LogP contribution in [0.4, 0.5) is 0 Å². The summed E-state index contributed by atoms with van der Waals surface area (Å²) >= 11 is 0. The molecule has 0 bridgehead atoms. The molecule has 2 rings (SSSR count). The average Bonchev–Trinajstić information content (AvgIpc) is 2.28. The number of nitrogens with one attached hydrogen (secondary N) is 1. The van der Waals surface area contributed by atoms with Gasteiger partial charge in [0.2, 0.25) is 0 Å². The highest BCUT2D eigenvalue weighted by Crippen LogP contribution is 2.40. The van der Waals surface area contributed by atoms with E-state index in [2.05, 4.69) is 5.32 Å². The maximum absolute atomic E-state index is 11.8. The maximum Gasteiger partial charge on any atom is 0.314 e. The van der Waals surface area contributed by atoms with Crippen LogP contribution >= 0.6 is 0 Å². The minimum atomic E-state index is -0.363. The van der Waals surface area contributed by atoms with Gasteiger partial charge < -0.3 is 14.8 Å². The van der Waals surface area contributed by atoms with Gasteiger partial charge in [-0.15, -0.1) is 0 Å². The number of piperidine rings is 1. The van der Waals surface area contributed by atoms with Crippen LogP contribution in [0.5, 0.6) is 0 Å². The number of hydrogen-bond acceptors (Lipinski definition) is 4. The van der Waals surface area contributed by atoms with Gasteiger partial charge in [0.1, 0.15) is 0 Å². The van der Waals surface area contributed by atoms with Gasteiger partial charge in [0.15, 0.2) is 0 Å². The van der Waals surface area contributed by atoms with E-state index in [-0.39, 0.29) is 17.5 Å². The number of fused-ring (bicyclic) bond motifs is 1. The van der Waals surface area contributed by atoms with E-state index in [9.17, 15) is 4.79 Å². The van der Waals surface area contributed by atoms with E-state index < -0.39 is 0 Å². The molecule has 2 saturated heterocycles. The third-order valence-corrected chi connectivity index (χ3v) is 3.37. The van der Waals surface area contributed by atoms with Gasteiger partial charge in [0.25, 0.3) is 0 Å². The molecule has 0 aromatic carbocycles. The lowest BCUT2D eigenvalue weighted by Crippen LogP contribution is -2.56. The molecule has 80 valence electrons. The van der Waals surface area contributed by atoms with Crippen molar-refractivity contribution in [3.8, 4) is 0 Å². The summed E-state index contributed by atoms with van der Waals surface area (Å²) in [6, 6.07) is 0. The van der Waals surface area contributed by atoms with Gasteiger partial charge in [-0.1, -0.05) is 0 Å². The number of carbonyl (C=O) groups excluding carboxylic acids is 1. The Morgan fingerprint density at radius 2 is 2.43 bits per heavy atom. The molecule has 0 aliphatic carbocycles. The lowest BCUT2D eigenvalue weighted by molar-refractivity contribution is -0.175. The summed E-state index contributed by atoms with van der Waals surface area (Å²) in [5, 5.41) is 3.25. The minimum absolute atomic E-state index is 0.0115. The Labute approximate surface area is 84.0 Å². The molecule has 0 aromatic rings. The van der Waals surface area contributed by atoms with Crippen molar-refractivity contribution in [3.05, 3.63) is 0 Å². The van der Waals surface area contributed by atoms with Gasteiger partial charge in [0, 0.05) is 13.2 Å². The Kier molecular flexibility index (Phi) is 2.74. The smallest absolute Gasteiger partial charge is 0.314 e. The largest absolute Gasteiger partial charge is 0.469 e. The fourth-order valence-corrected chi connectivity index (χ4v) is 2.56. The first-order valence-corrected chi connectivity index (χ1v) is 5.20. The van der Waals surface area contributed by atoms with Gasteiger partial charge in [-0.3, -0.25) is 4.79 Å². The van der Waals surface area contributed by atoms with Crippen molar-refractivity contribution in [1.82, 2.24) is 5.32 Å². The predicted molar refractivity (Wildman–Crippen MR) is 50.9 cm³/mol. The van der Waals surface area contributed by atoms with Crippen molar-refractivity contribution < 1.29 is 14.3 Å². The second kappa shape index (κ2) is 3.87. The molecule has 0 saturated carbocycles. The summed E-state index contributed by atoms with van der Waals surface area (Å²) in [5.41, 5.74) is -0.363. The Morgan fingerprint density at radius 3 is 3.21 bits per heavy atom. The van der Waals surface area contributed by atoms with Crippen molar-refractivity contribution >= 4 is 5.97 Å². The zero-order valence-electron chi connectivity index (χ0n) is 8.54. The number of hydrogen-bond donors (Lipinski definition) is 1. The number of ether oxygens (including phenoxy) is 2. The second-order valence-electron chi connectivity index (χ2n) is 4.06. The number of methoxy groups -OCH3 is 1. The number of esters is 1. The van der Waals surface area contributed by atoms with Crippen LogP contribution in [-0.4, -0.2) is 38.9 Å². The molecule has 4 heteroatoms. The molecule has 14 heavy (non-hydrogen) atoms. The van der Waals surface area contributed by atoms with Crippen LogP contribution in [0, 0.1) is 5.41 Å². The lowest BCUT2D eigenvalue weighted by Gasteiger charge is -2.44. The first-order chi connectivity index (χ1) is 6.79. The molecule has 2 aliphatic heterocycles. The highest BCUT2D eigenvalue weighted by atomic mass is 16.5. The third-order valence-electron chi connectivity index (χ3n) is 3.37. The molecule has 2 unspecified atom stereocenters. The normalized spacial score (nSPS) is 37.4. The molecule has 0 spiro atoms. The average molecular weight is 199 g/mol. The molecule has 1 N–H and O–H groups in total. The highest BCUT2D eigenvalue weighted by molar-refractivity contribution is 5.78. The van der Waals surface area contributed by atoms with Crippen molar-refractivity contribution in [2.45, 2.75) is 25.4 Å². The summed E-state index contributed by atoms with van der Waals surface area (Å²) in [7, 11) is 1.46. The molecule has 0 radical (unpaired) electrons. The van der Waals surface area contributed by atoms with E-state index in [1.807, 2.05) is 0 Å². The standard InChI is InChI=1S/C10H17NO3/c1-13-9(12)10-3-2-6-14-8(10)7-11-5-4-10/h8,11H,2-7H2,1H3. The summed E-state index contributed by atoms with van der Waals surface area (Å²) in [6.07, 6.45) is 2.72. The Hall–Kier alpha value is -0.610. The van der Waals surface area contributed by atoms with Crippen molar-refractivity contribution in [3.63, 3.8) is 0 Å². The summed E-state index contributed by atoms with van der Waals surface area (Å²) in [5.74, 6) is -0.0938. The third kappa shape index (κ3) is 1.42. The van der Waals surface area contributed by atoms with Gasteiger partial charge in [-0.25, -0.2) is 0 Å². The fourth-order valence-electron chi connectivity index (χ4n) is 2.56. The van der Waals surface area contributed by atoms with Crippen LogP contribution in [0.25, 0.3) is 0 Å². The highest BCUT2D eigenvalue weighted by Gasteiger charge is 2.50. The summed E-state index contributed by atoms with van der Waals surface area (Å²) in [4.78, 5) is 11.8. The zero-order chi connectivity index (χ0) is 10.0. The van der Waals surface area contributed by atoms with E-state index >= 15 is 0 Å². The predicted octanol–water partition coefficient (Wildman–Crippen LogP) is 0.318. The van der Waals surface area contributed by atoms with Crippen LogP contribution in [0.2, 0.25) is 0 Å². The molecule has 2 atom stereocenters. The van der Waals surface area contributed by atoms with Gasteiger partial charge in [-0.05, 0) is 25.8 Å². The quantitative estimate of drug-likeness (QED) is 0.618. The summed E-state index contributed by atoms with van der Waals surface area (Å²) in [6.45, 7) is 2.43. The van der Waals surface area contributed by atoms with Crippen molar-refractivity contribution in [1.29, 1.82) is 0 Å². The van der Waals surface area contributed by atoms with E-state index in [0.29, 0.717) is 0 Å². The maximum atomic E-state index is 11.8.